The average molecular weight is 213 g/mol. The molecule has 1 aliphatic heterocycles. The zero-order valence-electron chi connectivity index (χ0n) is 8.18. The Kier molecular flexibility index (Phi) is 1.67. The predicted molar refractivity (Wildman–Crippen MR) is 55.4 cm³/mol. The minimum Gasteiger partial charge on any atom is -0.287 e. The number of nitrogens with one attached hydrogen (secondary N) is 1. The van der Waals surface area contributed by atoms with Crippen molar-refractivity contribution in [3.63, 3.8) is 0 Å². The number of imide groups is 1. The number of aromatic nitrogens is 2. The zero-order valence-corrected chi connectivity index (χ0v) is 8.18. The number of hydrogen-bond donors (Lipinski definition) is 1. The summed E-state index contributed by atoms with van der Waals surface area (Å²) in [5.41, 5.74) is 1.39. The van der Waals surface area contributed by atoms with Gasteiger partial charge in [-0.1, -0.05) is 18.2 Å². The van der Waals surface area contributed by atoms with Gasteiger partial charge in [-0.2, -0.15) is 5.10 Å². The number of hydrogen-bond acceptors (Lipinski definition) is 3. The van der Waals surface area contributed by atoms with Gasteiger partial charge in [0.2, 0.25) is 0 Å². The Balaban J connectivity index is 2.22. The highest BCUT2D eigenvalue weighted by Gasteiger charge is 2.31. The molecule has 0 spiro atoms. The molecule has 1 N–H and O–H groups in total. The molecule has 0 saturated heterocycles. The van der Waals surface area contributed by atoms with Crippen molar-refractivity contribution in [2.75, 3.05) is 0 Å². The molecule has 0 bridgehead atoms. The van der Waals surface area contributed by atoms with Crippen molar-refractivity contribution >= 4 is 11.8 Å². The van der Waals surface area contributed by atoms with Gasteiger partial charge in [-0.15, -0.1) is 0 Å². The van der Waals surface area contributed by atoms with Gasteiger partial charge in [-0.25, -0.2) is 4.68 Å². The largest absolute Gasteiger partial charge is 0.287 e. The number of benzene rings is 1. The molecule has 5 heteroatoms. The van der Waals surface area contributed by atoms with Crippen molar-refractivity contribution in [2.45, 2.75) is 0 Å². The summed E-state index contributed by atoms with van der Waals surface area (Å²) in [4.78, 5) is 22.9. The van der Waals surface area contributed by atoms with Gasteiger partial charge < -0.3 is 0 Å². The number of carbonyl (C=O) groups is 2. The molecule has 1 aromatic carbocycles. The second-order valence-corrected chi connectivity index (χ2v) is 3.44. The number of para-hydroxylation sites is 1. The summed E-state index contributed by atoms with van der Waals surface area (Å²) in [5.74, 6) is -0.788. The lowest BCUT2D eigenvalue weighted by atomic mass is 10.2. The van der Waals surface area contributed by atoms with Crippen LogP contribution in [0.3, 0.4) is 0 Å². The van der Waals surface area contributed by atoms with E-state index in [4.69, 9.17) is 0 Å². The van der Waals surface area contributed by atoms with Crippen LogP contribution in [0.4, 0.5) is 0 Å². The number of rotatable bonds is 1. The van der Waals surface area contributed by atoms with E-state index in [9.17, 15) is 9.59 Å². The van der Waals surface area contributed by atoms with Crippen molar-refractivity contribution in [1.82, 2.24) is 15.1 Å². The highest BCUT2D eigenvalue weighted by atomic mass is 16.2. The number of fused-ring (bicyclic) bond motifs is 1. The van der Waals surface area contributed by atoms with Gasteiger partial charge in [0, 0.05) is 0 Å². The van der Waals surface area contributed by atoms with Crippen LogP contribution in [-0.2, 0) is 0 Å². The summed E-state index contributed by atoms with van der Waals surface area (Å²) in [6.45, 7) is 0. The van der Waals surface area contributed by atoms with E-state index in [2.05, 4.69) is 10.4 Å². The number of amides is 2. The van der Waals surface area contributed by atoms with Crippen LogP contribution in [0.2, 0.25) is 0 Å². The van der Waals surface area contributed by atoms with Crippen molar-refractivity contribution in [3.8, 4) is 5.69 Å². The molecule has 2 heterocycles. The van der Waals surface area contributed by atoms with Gasteiger partial charge in [0.05, 0.1) is 17.4 Å². The molecular weight excluding hydrogens is 206 g/mol. The van der Waals surface area contributed by atoms with E-state index in [0.717, 1.165) is 5.69 Å². The maximum absolute atomic E-state index is 11.5. The second kappa shape index (κ2) is 3.03. The van der Waals surface area contributed by atoms with E-state index < -0.39 is 5.91 Å². The molecule has 1 aromatic heterocycles. The summed E-state index contributed by atoms with van der Waals surface area (Å²) in [6, 6.07) is 9.21. The maximum atomic E-state index is 11.5. The van der Waals surface area contributed by atoms with E-state index >= 15 is 0 Å². The Morgan fingerprint density at radius 1 is 1.06 bits per heavy atom. The normalized spacial score (nSPS) is 13.8. The fourth-order valence-electron chi connectivity index (χ4n) is 1.73. The summed E-state index contributed by atoms with van der Waals surface area (Å²) in [5, 5.41) is 6.28. The Morgan fingerprint density at radius 2 is 1.81 bits per heavy atom. The predicted octanol–water partition coefficient (Wildman–Crippen LogP) is 0.756. The van der Waals surface area contributed by atoms with E-state index in [1.165, 1.54) is 10.9 Å². The minimum absolute atomic E-state index is 0.302. The van der Waals surface area contributed by atoms with Crippen LogP contribution in [0, 0.1) is 0 Å². The topological polar surface area (TPSA) is 64.0 Å². The first-order valence-corrected chi connectivity index (χ1v) is 4.76. The summed E-state index contributed by atoms with van der Waals surface area (Å²) in [7, 11) is 0. The SMILES string of the molecule is O=C1NC(=O)c2c1cnn2-c1ccccc1. The minimum atomic E-state index is -0.402. The van der Waals surface area contributed by atoms with Crippen LogP contribution in [0.15, 0.2) is 36.5 Å². The van der Waals surface area contributed by atoms with Gasteiger partial charge in [0.1, 0.15) is 5.69 Å². The van der Waals surface area contributed by atoms with Crippen molar-refractivity contribution in [1.29, 1.82) is 0 Å². The molecular formula is C11H7N3O2. The molecule has 0 unspecified atom stereocenters. The van der Waals surface area contributed by atoms with E-state index in [1.54, 1.807) is 0 Å². The molecule has 2 amide bonds. The van der Waals surface area contributed by atoms with Crippen molar-refractivity contribution in [3.05, 3.63) is 47.8 Å². The zero-order chi connectivity index (χ0) is 11.1. The first-order valence-electron chi connectivity index (χ1n) is 4.76. The maximum Gasteiger partial charge on any atom is 0.277 e. The van der Waals surface area contributed by atoms with Crippen LogP contribution < -0.4 is 5.32 Å². The third-order valence-corrected chi connectivity index (χ3v) is 2.46. The number of carbonyl (C=O) groups excluding carboxylic acids is 2. The van der Waals surface area contributed by atoms with Gasteiger partial charge in [-0.05, 0) is 12.1 Å². The molecule has 78 valence electrons. The standard InChI is InChI=1S/C11H7N3O2/c15-10-8-6-12-14(9(8)11(16)13-10)7-4-2-1-3-5-7/h1-6H,(H,13,15,16). The van der Waals surface area contributed by atoms with Crippen LogP contribution in [0.25, 0.3) is 5.69 Å². The molecule has 16 heavy (non-hydrogen) atoms. The summed E-state index contributed by atoms with van der Waals surface area (Å²) in [6.07, 6.45) is 1.41. The molecule has 2 aromatic rings. The smallest absolute Gasteiger partial charge is 0.277 e. The fourth-order valence-corrected chi connectivity index (χ4v) is 1.73. The first kappa shape index (κ1) is 8.84. The van der Waals surface area contributed by atoms with Crippen LogP contribution >= 0.6 is 0 Å². The third kappa shape index (κ3) is 1.08. The summed E-state index contributed by atoms with van der Waals surface area (Å²) >= 11 is 0. The van der Waals surface area contributed by atoms with Gasteiger partial charge in [0.15, 0.2) is 0 Å². The highest BCUT2D eigenvalue weighted by molar-refractivity contribution is 6.20. The summed E-state index contributed by atoms with van der Waals surface area (Å²) < 4.78 is 1.47. The molecule has 3 rings (SSSR count). The van der Waals surface area contributed by atoms with E-state index in [-0.39, 0.29) is 5.91 Å². The Hall–Kier alpha value is -2.43. The Bertz CT molecular complexity index is 587. The van der Waals surface area contributed by atoms with Crippen molar-refractivity contribution < 1.29 is 9.59 Å². The fraction of sp³-hybridized carbons (Fsp3) is 0. The van der Waals surface area contributed by atoms with Crippen LogP contribution in [0.5, 0.6) is 0 Å². The molecule has 5 nitrogen and oxygen atoms in total. The van der Waals surface area contributed by atoms with E-state index in [0.29, 0.717) is 11.3 Å². The Morgan fingerprint density at radius 3 is 2.56 bits per heavy atom. The van der Waals surface area contributed by atoms with Gasteiger partial charge in [0.25, 0.3) is 11.8 Å². The lowest BCUT2D eigenvalue weighted by Crippen LogP contribution is -2.22. The highest BCUT2D eigenvalue weighted by Crippen LogP contribution is 2.18. The first-order chi connectivity index (χ1) is 7.77. The van der Waals surface area contributed by atoms with E-state index in [1.807, 2.05) is 30.3 Å². The van der Waals surface area contributed by atoms with Gasteiger partial charge >= 0.3 is 0 Å². The average Bonchev–Trinajstić information content (AvgIpc) is 2.84. The Labute approximate surface area is 90.7 Å². The molecule has 0 saturated carbocycles. The third-order valence-electron chi connectivity index (χ3n) is 2.46. The van der Waals surface area contributed by atoms with Crippen LogP contribution in [0.1, 0.15) is 20.8 Å². The monoisotopic (exact) mass is 213 g/mol. The second-order valence-electron chi connectivity index (χ2n) is 3.44. The molecule has 1 aliphatic rings. The van der Waals surface area contributed by atoms with Crippen LogP contribution in [-0.4, -0.2) is 21.6 Å². The quantitative estimate of drug-likeness (QED) is 0.711. The van der Waals surface area contributed by atoms with Gasteiger partial charge in [-0.3, -0.25) is 14.9 Å². The molecule has 0 aliphatic carbocycles. The molecule has 0 fully saturated rings. The van der Waals surface area contributed by atoms with Crippen molar-refractivity contribution in [2.24, 2.45) is 0 Å². The lowest BCUT2D eigenvalue weighted by molar-refractivity contribution is 0.0875. The number of nitrogens with zero attached hydrogens (tertiary/aromatic N) is 2. The molecule has 0 atom stereocenters. The molecule has 0 radical (unpaired) electrons. The lowest BCUT2D eigenvalue weighted by Gasteiger charge is -2.02.